The van der Waals surface area contributed by atoms with Crippen LogP contribution >= 0.6 is 22.9 Å². The molecular formula is C23H17ClN2O2S. The van der Waals surface area contributed by atoms with Gasteiger partial charge in [0.25, 0.3) is 11.8 Å². The second kappa shape index (κ2) is 6.87. The molecule has 0 spiro atoms. The van der Waals surface area contributed by atoms with Crippen LogP contribution in [0.4, 0.5) is 11.4 Å². The van der Waals surface area contributed by atoms with E-state index in [-0.39, 0.29) is 11.8 Å². The highest BCUT2D eigenvalue weighted by Crippen LogP contribution is 2.42. The fourth-order valence-corrected chi connectivity index (χ4v) is 4.97. The number of thiophene rings is 1. The van der Waals surface area contributed by atoms with Crippen molar-refractivity contribution in [2.24, 2.45) is 0 Å². The van der Waals surface area contributed by atoms with E-state index in [1.807, 2.05) is 47.5 Å². The van der Waals surface area contributed by atoms with Gasteiger partial charge in [0.05, 0.1) is 11.3 Å². The maximum absolute atomic E-state index is 13.6. The predicted octanol–water partition coefficient (Wildman–Crippen LogP) is 5.06. The summed E-state index contributed by atoms with van der Waals surface area (Å²) < 4.78 is 0. The van der Waals surface area contributed by atoms with E-state index in [1.165, 1.54) is 21.8 Å². The molecule has 6 heteroatoms. The van der Waals surface area contributed by atoms with Crippen LogP contribution in [0.25, 0.3) is 5.57 Å². The summed E-state index contributed by atoms with van der Waals surface area (Å²) >= 11 is 7.75. The van der Waals surface area contributed by atoms with Crippen LogP contribution in [0.15, 0.2) is 65.7 Å². The van der Waals surface area contributed by atoms with Crippen LogP contribution in [0.3, 0.4) is 0 Å². The molecule has 144 valence electrons. The maximum Gasteiger partial charge on any atom is 0.282 e. The average Bonchev–Trinajstić information content (AvgIpc) is 3.43. The molecule has 2 aromatic carbocycles. The number of hydrogen-bond donors (Lipinski definition) is 0. The molecule has 2 aliphatic rings. The maximum atomic E-state index is 13.6. The number of para-hydroxylation sites is 1. The Morgan fingerprint density at radius 2 is 1.72 bits per heavy atom. The number of carbonyl (C=O) groups excluding carboxylic acids is 2. The van der Waals surface area contributed by atoms with E-state index in [0.717, 1.165) is 17.0 Å². The largest absolute Gasteiger partial charge is 0.336 e. The number of imide groups is 1. The first-order valence-corrected chi connectivity index (χ1v) is 10.6. The van der Waals surface area contributed by atoms with Gasteiger partial charge in [0, 0.05) is 22.1 Å². The minimum Gasteiger partial charge on any atom is -0.336 e. The van der Waals surface area contributed by atoms with Gasteiger partial charge in [0.2, 0.25) is 0 Å². The number of halogens is 1. The van der Waals surface area contributed by atoms with E-state index in [4.69, 9.17) is 11.6 Å². The first-order valence-electron chi connectivity index (χ1n) is 9.35. The van der Waals surface area contributed by atoms with Gasteiger partial charge in [-0.3, -0.25) is 9.59 Å². The number of nitrogens with zero attached hydrogens (tertiary/aromatic N) is 2. The van der Waals surface area contributed by atoms with E-state index in [9.17, 15) is 9.59 Å². The van der Waals surface area contributed by atoms with Crippen molar-refractivity contribution in [2.75, 3.05) is 16.3 Å². The Kier molecular flexibility index (Phi) is 4.30. The van der Waals surface area contributed by atoms with Gasteiger partial charge in [0.1, 0.15) is 5.70 Å². The zero-order chi connectivity index (χ0) is 20.1. The van der Waals surface area contributed by atoms with Crippen LogP contribution < -0.4 is 9.80 Å². The number of fused-ring (bicyclic) bond motifs is 1. The molecule has 1 aromatic heterocycles. The van der Waals surface area contributed by atoms with Crippen LogP contribution in [-0.4, -0.2) is 18.4 Å². The number of rotatable bonds is 3. The number of carbonyl (C=O) groups is 2. The Balaban J connectivity index is 1.69. The van der Waals surface area contributed by atoms with Gasteiger partial charge in [-0.2, -0.15) is 0 Å². The van der Waals surface area contributed by atoms with Gasteiger partial charge < -0.3 is 4.90 Å². The zero-order valence-electron chi connectivity index (χ0n) is 15.7. The van der Waals surface area contributed by atoms with E-state index in [1.54, 1.807) is 18.2 Å². The van der Waals surface area contributed by atoms with Gasteiger partial charge >= 0.3 is 0 Å². The second-order valence-corrected chi connectivity index (χ2v) is 8.42. The number of hydrogen-bond acceptors (Lipinski definition) is 4. The molecule has 0 atom stereocenters. The monoisotopic (exact) mass is 420 g/mol. The number of anilines is 2. The first kappa shape index (κ1) is 18.2. The molecule has 3 aromatic rings. The Morgan fingerprint density at radius 1 is 0.931 bits per heavy atom. The lowest BCUT2D eigenvalue weighted by Crippen LogP contribution is -2.35. The van der Waals surface area contributed by atoms with Crippen molar-refractivity contribution in [3.63, 3.8) is 0 Å². The van der Waals surface area contributed by atoms with E-state index in [0.29, 0.717) is 34.1 Å². The Bertz CT molecular complexity index is 1180. The third-order valence-electron chi connectivity index (χ3n) is 5.46. The van der Waals surface area contributed by atoms with Crippen molar-refractivity contribution < 1.29 is 9.59 Å². The Morgan fingerprint density at radius 3 is 2.52 bits per heavy atom. The minimum absolute atomic E-state index is 0.304. The molecular weight excluding hydrogens is 404 g/mol. The van der Waals surface area contributed by atoms with Crippen LogP contribution in [0.1, 0.15) is 16.0 Å². The summed E-state index contributed by atoms with van der Waals surface area (Å²) in [7, 11) is 0. The van der Waals surface area contributed by atoms with E-state index < -0.39 is 0 Å². The quantitative estimate of drug-likeness (QED) is 0.556. The summed E-state index contributed by atoms with van der Waals surface area (Å²) in [6.07, 6.45) is 0.842. The van der Waals surface area contributed by atoms with Gasteiger partial charge in [-0.05, 0) is 54.1 Å². The average molecular weight is 421 g/mol. The molecule has 4 nitrogen and oxygen atoms in total. The summed E-state index contributed by atoms with van der Waals surface area (Å²) in [5.74, 6) is -0.609. The molecule has 0 radical (unpaired) electrons. The SMILES string of the molecule is Cc1c(Cl)cccc1N1C(=O)C(c2cccs2)=C(N2CCc3ccccc32)C1=O. The molecule has 3 heterocycles. The Hall–Kier alpha value is -2.89. The molecule has 2 aliphatic heterocycles. The lowest BCUT2D eigenvalue weighted by molar-refractivity contribution is -0.120. The first-order chi connectivity index (χ1) is 14.1. The fraction of sp³-hybridized carbons (Fsp3) is 0.130. The molecule has 0 N–H and O–H groups in total. The highest BCUT2D eigenvalue weighted by atomic mass is 35.5. The second-order valence-electron chi connectivity index (χ2n) is 7.06. The summed E-state index contributed by atoms with van der Waals surface area (Å²) in [6, 6.07) is 17.1. The van der Waals surface area contributed by atoms with Crippen LogP contribution in [0.5, 0.6) is 0 Å². The summed E-state index contributed by atoms with van der Waals surface area (Å²) in [6.45, 7) is 2.50. The van der Waals surface area contributed by atoms with Crippen molar-refractivity contribution in [3.8, 4) is 0 Å². The third-order valence-corrected chi connectivity index (χ3v) is 6.76. The smallest absolute Gasteiger partial charge is 0.282 e. The van der Waals surface area contributed by atoms with Gasteiger partial charge in [-0.1, -0.05) is 41.9 Å². The lowest BCUT2D eigenvalue weighted by atomic mass is 10.1. The summed E-state index contributed by atoms with van der Waals surface area (Å²) in [5, 5.41) is 2.45. The molecule has 0 aliphatic carbocycles. The van der Waals surface area contributed by atoms with Crippen LogP contribution in [0.2, 0.25) is 5.02 Å². The lowest BCUT2D eigenvalue weighted by Gasteiger charge is -2.22. The molecule has 29 heavy (non-hydrogen) atoms. The van der Waals surface area contributed by atoms with E-state index in [2.05, 4.69) is 6.07 Å². The van der Waals surface area contributed by atoms with Crippen molar-refractivity contribution in [2.45, 2.75) is 13.3 Å². The molecule has 0 saturated heterocycles. The Labute approximate surface area is 177 Å². The zero-order valence-corrected chi connectivity index (χ0v) is 17.3. The topological polar surface area (TPSA) is 40.6 Å². The molecule has 0 bridgehead atoms. The summed E-state index contributed by atoms with van der Waals surface area (Å²) in [5.41, 5.74) is 4.32. The highest BCUT2D eigenvalue weighted by Gasteiger charge is 2.44. The van der Waals surface area contributed by atoms with Gasteiger partial charge in [-0.15, -0.1) is 11.3 Å². The normalized spacial score (nSPS) is 16.2. The summed E-state index contributed by atoms with van der Waals surface area (Å²) in [4.78, 5) is 31.2. The number of amides is 2. The van der Waals surface area contributed by atoms with Crippen molar-refractivity contribution in [1.29, 1.82) is 0 Å². The molecule has 0 unspecified atom stereocenters. The van der Waals surface area contributed by atoms with E-state index >= 15 is 0 Å². The highest BCUT2D eigenvalue weighted by molar-refractivity contribution is 7.11. The minimum atomic E-state index is -0.305. The number of benzene rings is 2. The standard InChI is InChI=1S/C23H17ClN2O2S/c1-14-16(24)7-4-9-17(14)26-22(27)20(19-10-5-13-29-19)21(23(26)28)25-12-11-15-6-2-3-8-18(15)25/h2-10,13H,11-12H2,1H3. The van der Waals surface area contributed by atoms with Gasteiger partial charge in [-0.25, -0.2) is 4.90 Å². The van der Waals surface area contributed by atoms with Crippen LogP contribution in [-0.2, 0) is 16.0 Å². The van der Waals surface area contributed by atoms with Crippen LogP contribution in [0, 0.1) is 6.92 Å². The predicted molar refractivity (Wildman–Crippen MR) is 117 cm³/mol. The van der Waals surface area contributed by atoms with Gasteiger partial charge in [0.15, 0.2) is 0 Å². The molecule has 0 fully saturated rings. The molecule has 0 saturated carbocycles. The van der Waals surface area contributed by atoms with Crippen molar-refractivity contribution >= 4 is 51.7 Å². The molecule has 2 amide bonds. The fourth-order valence-electron chi connectivity index (χ4n) is 4.04. The van der Waals surface area contributed by atoms with Crippen molar-refractivity contribution in [1.82, 2.24) is 0 Å². The van der Waals surface area contributed by atoms with Crippen molar-refractivity contribution in [3.05, 3.63) is 86.7 Å². The third kappa shape index (κ3) is 2.73. The molecule has 5 rings (SSSR count).